The van der Waals surface area contributed by atoms with E-state index in [1.807, 2.05) is 54.6 Å². The fraction of sp³-hybridized carbons (Fsp3) is 0.115. The summed E-state index contributed by atoms with van der Waals surface area (Å²) in [5.41, 5.74) is 7.14. The van der Waals surface area contributed by atoms with E-state index in [1.54, 1.807) is 12.4 Å². The Hall–Kier alpha value is -3.99. The third-order valence-corrected chi connectivity index (χ3v) is 5.53. The van der Waals surface area contributed by atoms with Crippen LogP contribution in [0.3, 0.4) is 0 Å². The quantitative estimate of drug-likeness (QED) is 0.418. The summed E-state index contributed by atoms with van der Waals surface area (Å²) in [6.45, 7) is 0.742. The van der Waals surface area contributed by atoms with Gasteiger partial charge in [0.25, 0.3) is 5.91 Å². The van der Waals surface area contributed by atoms with Crippen LogP contribution in [0.5, 0.6) is 0 Å². The van der Waals surface area contributed by atoms with Gasteiger partial charge in [0.1, 0.15) is 5.82 Å². The fourth-order valence-electron chi connectivity index (χ4n) is 4.01. The molecule has 0 bridgehead atoms. The first-order valence-corrected chi connectivity index (χ1v) is 10.4. The molecular formula is C26H22N4O. The first kappa shape index (κ1) is 19.0. The minimum atomic E-state index is -0.109. The first-order valence-electron chi connectivity index (χ1n) is 10.4. The van der Waals surface area contributed by atoms with Crippen LogP contribution < -0.4 is 10.6 Å². The number of hydrogen-bond acceptors (Lipinski definition) is 4. The zero-order chi connectivity index (χ0) is 21.0. The van der Waals surface area contributed by atoms with Crippen LogP contribution in [-0.4, -0.2) is 22.4 Å². The molecule has 2 heterocycles. The number of aromatic nitrogens is 2. The van der Waals surface area contributed by atoms with Crippen molar-refractivity contribution in [2.24, 2.45) is 0 Å². The van der Waals surface area contributed by atoms with Crippen molar-refractivity contribution in [2.45, 2.75) is 12.8 Å². The zero-order valence-electron chi connectivity index (χ0n) is 17.0. The molecule has 5 rings (SSSR count). The van der Waals surface area contributed by atoms with Crippen molar-refractivity contribution in [1.82, 2.24) is 9.97 Å². The highest BCUT2D eigenvalue weighted by atomic mass is 16.1. The van der Waals surface area contributed by atoms with Gasteiger partial charge < -0.3 is 10.6 Å². The van der Waals surface area contributed by atoms with Gasteiger partial charge in [0.05, 0.1) is 11.9 Å². The van der Waals surface area contributed by atoms with E-state index in [2.05, 4.69) is 38.8 Å². The van der Waals surface area contributed by atoms with Crippen molar-refractivity contribution in [3.8, 4) is 11.1 Å². The van der Waals surface area contributed by atoms with E-state index in [1.165, 1.54) is 11.1 Å². The lowest BCUT2D eigenvalue weighted by Crippen LogP contribution is -2.14. The Morgan fingerprint density at radius 2 is 1.74 bits per heavy atom. The summed E-state index contributed by atoms with van der Waals surface area (Å²) in [4.78, 5) is 21.7. The minimum Gasteiger partial charge on any atom is -0.370 e. The normalized spacial score (nSPS) is 11.5. The minimum absolute atomic E-state index is 0.109. The number of fused-ring (bicyclic) bond motifs is 3. The number of anilines is 2. The molecule has 1 aliphatic carbocycles. The Morgan fingerprint density at radius 1 is 0.871 bits per heavy atom. The van der Waals surface area contributed by atoms with Gasteiger partial charge in [-0.05, 0) is 59.0 Å². The molecule has 1 amide bonds. The van der Waals surface area contributed by atoms with Crippen LogP contribution in [0.15, 0.2) is 85.2 Å². The van der Waals surface area contributed by atoms with Crippen LogP contribution in [0.25, 0.3) is 11.1 Å². The molecule has 0 saturated heterocycles. The van der Waals surface area contributed by atoms with Gasteiger partial charge in [0, 0.05) is 30.4 Å². The average molecular weight is 406 g/mol. The SMILES string of the molecule is O=C(Nc1ccc(NCCc2ccccn2)nc1)c1cccc2c1Cc1ccccc1-2. The topological polar surface area (TPSA) is 66.9 Å². The van der Waals surface area contributed by atoms with Crippen molar-refractivity contribution in [3.05, 3.63) is 108 Å². The van der Waals surface area contributed by atoms with Gasteiger partial charge in [-0.25, -0.2) is 4.98 Å². The smallest absolute Gasteiger partial charge is 0.256 e. The summed E-state index contributed by atoms with van der Waals surface area (Å²) in [5, 5.41) is 6.27. The molecule has 0 spiro atoms. The number of amides is 1. The molecule has 5 heteroatoms. The molecule has 2 N–H and O–H groups in total. The second-order valence-corrected chi connectivity index (χ2v) is 7.55. The maximum absolute atomic E-state index is 13.0. The lowest BCUT2D eigenvalue weighted by atomic mass is 10.0. The van der Waals surface area contributed by atoms with Crippen LogP contribution in [0.1, 0.15) is 27.2 Å². The van der Waals surface area contributed by atoms with Crippen LogP contribution >= 0.6 is 0 Å². The van der Waals surface area contributed by atoms with E-state index in [0.717, 1.165) is 42.0 Å². The predicted octanol–water partition coefficient (Wildman–Crippen LogP) is 4.95. The maximum Gasteiger partial charge on any atom is 0.256 e. The van der Waals surface area contributed by atoms with Crippen molar-refractivity contribution in [3.63, 3.8) is 0 Å². The van der Waals surface area contributed by atoms with Crippen molar-refractivity contribution in [1.29, 1.82) is 0 Å². The largest absolute Gasteiger partial charge is 0.370 e. The lowest BCUT2D eigenvalue weighted by Gasteiger charge is -2.10. The van der Waals surface area contributed by atoms with Gasteiger partial charge in [0.15, 0.2) is 0 Å². The molecule has 0 saturated carbocycles. The molecular weight excluding hydrogens is 384 g/mol. The Labute approximate surface area is 181 Å². The summed E-state index contributed by atoms with van der Waals surface area (Å²) >= 11 is 0. The number of pyridine rings is 2. The van der Waals surface area contributed by atoms with Gasteiger partial charge >= 0.3 is 0 Å². The number of benzene rings is 2. The molecule has 4 aromatic rings. The molecule has 2 aromatic heterocycles. The Morgan fingerprint density at radius 3 is 2.58 bits per heavy atom. The van der Waals surface area contributed by atoms with E-state index in [9.17, 15) is 4.79 Å². The number of carbonyl (C=O) groups excluding carboxylic acids is 1. The summed E-state index contributed by atoms with van der Waals surface area (Å²) in [6, 6.07) is 23.9. The van der Waals surface area contributed by atoms with Crippen LogP contribution in [0.2, 0.25) is 0 Å². The molecule has 152 valence electrons. The number of nitrogens with zero attached hydrogens (tertiary/aromatic N) is 2. The van der Waals surface area contributed by atoms with Gasteiger partial charge in [-0.1, -0.05) is 42.5 Å². The van der Waals surface area contributed by atoms with Crippen molar-refractivity contribution in [2.75, 3.05) is 17.2 Å². The Kier molecular flexibility index (Phi) is 5.15. The fourth-order valence-corrected chi connectivity index (χ4v) is 4.01. The summed E-state index contributed by atoms with van der Waals surface area (Å²) in [5.74, 6) is 0.660. The lowest BCUT2D eigenvalue weighted by molar-refractivity contribution is 0.102. The molecule has 0 unspecified atom stereocenters. The highest BCUT2D eigenvalue weighted by molar-refractivity contribution is 6.07. The van der Waals surface area contributed by atoms with Gasteiger partial charge in [-0.15, -0.1) is 0 Å². The van der Waals surface area contributed by atoms with Crippen LogP contribution in [0.4, 0.5) is 11.5 Å². The van der Waals surface area contributed by atoms with E-state index >= 15 is 0 Å². The molecule has 1 aliphatic rings. The number of nitrogens with one attached hydrogen (secondary N) is 2. The van der Waals surface area contributed by atoms with Gasteiger partial charge in [-0.3, -0.25) is 9.78 Å². The third kappa shape index (κ3) is 4.03. The number of rotatable bonds is 6. The van der Waals surface area contributed by atoms with Crippen molar-refractivity contribution < 1.29 is 4.79 Å². The van der Waals surface area contributed by atoms with E-state index < -0.39 is 0 Å². The first-order chi connectivity index (χ1) is 15.3. The maximum atomic E-state index is 13.0. The predicted molar refractivity (Wildman–Crippen MR) is 123 cm³/mol. The molecule has 5 nitrogen and oxygen atoms in total. The molecule has 0 fully saturated rings. The molecule has 2 aromatic carbocycles. The molecule has 31 heavy (non-hydrogen) atoms. The van der Waals surface area contributed by atoms with Crippen LogP contribution in [-0.2, 0) is 12.8 Å². The molecule has 0 radical (unpaired) electrons. The van der Waals surface area contributed by atoms with Crippen molar-refractivity contribution >= 4 is 17.4 Å². The zero-order valence-corrected chi connectivity index (χ0v) is 17.0. The summed E-state index contributed by atoms with van der Waals surface area (Å²) in [7, 11) is 0. The monoisotopic (exact) mass is 406 g/mol. The summed E-state index contributed by atoms with van der Waals surface area (Å²) in [6.07, 6.45) is 5.08. The van der Waals surface area contributed by atoms with E-state index in [4.69, 9.17) is 0 Å². The second-order valence-electron chi connectivity index (χ2n) is 7.55. The Balaban J connectivity index is 1.24. The Bertz CT molecular complexity index is 1220. The number of carbonyl (C=O) groups is 1. The van der Waals surface area contributed by atoms with Crippen LogP contribution in [0, 0.1) is 0 Å². The van der Waals surface area contributed by atoms with E-state index in [0.29, 0.717) is 11.3 Å². The highest BCUT2D eigenvalue weighted by Gasteiger charge is 2.23. The number of hydrogen-bond donors (Lipinski definition) is 2. The van der Waals surface area contributed by atoms with Gasteiger partial charge in [0.2, 0.25) is 0 Å². The molecule has 0 aliphatic heterocycles. The standard InChI is InChI=1S/C26H22N4O/c31-26(23-10-5-9-22-21-8-2-1-6-18(21)16-24(22)23)30-20-11-12-25(29-17-20)28-15-13-19-7-3-4-14-27-19/h1-12,14,17H,13,15-16H2,(H,28,29)(H,30,31). The summed E-state index contributed by atoms with van der Waals surface area (Å²) < 4.78 is 0. The molecule has 0 atom stereocenters. The van der Waals surface area contributed by atoms with E-state index in [-0.39, 0.29) is 5.91 Å². The third-order valence-electron chi connectivity index (χ3n) is 5.53. The second kappa shape index (κ2) is 8.40. The van der Waals surface area contributed by atoms with Gasteiger partial charge in [-0.2, -0.15) is 0 Å². The highest BCUT2D eigenvalue weighted by Crippen LogP contribution is 2.38. The average Bonchev–Trinajstić information content (AvgIpc) is 3.20.